The summed E-state index contributed by atoms with van der Waals surface area (Å²) in [5.41, 5.74) is 8.54. The smallest absolute Gasteiger partial charge is 0.0934 e. The molecule has 1 aliphatic carbocycles. The number of aryl methyl sites for hydroxylation is 1. The fraction of sp³-hybridized carbons (Fsp3) is 0.571. The van der Waals surface area contributed by atoms with Crippen LogP contribution in [-0.4, -0.2) is 13.2 Å². The van der Waals surface area contributed by atoms with Crippen LogP contribution in [0.1, 0.15) is 36.8 Å². The average molecular weight is 221 g/mol. The first-order valence-corrected chi connectivity index (χ1v) is 6.16. The molecule has 2 rings (SSSR count). The molecule has 0 aliphatic heterocycles. The maximum Gasteiger partial charge on any atom is 0.0934 e. The van der Waals surface area contributed by atoms with Crippen molar-refractivity contribution in [3.8, 4) is 0 Å². The number of hydrogen-bond acceptors (Lipinski definition) is 1. The van der Waals surface area contributed by atoms with Gasteiger partial charge in [0.05, 0.1) is 6.67 Å². The Bertz CT molecular complexity index is 342. The first-order valence-electron chi connectivity index (χ1n) is 6.16. The number of halogens is 1. The normalized spacial score (nSPS) is 18.9. The zero-order chi connectivity index (χ0) is 11.4. The molecule has 0 radical (unpaired) electrons. The summed E-state index contributed by atoms with van der Waals surface area (Å²) in [6.45, 7) is 0.436. The maximum atomic E-state index is 12.3. The van der Waals surface area contributed by atoms with Crippen LogP contribution < -0.4 is 5.73 Å². The van der Waals surface area contributed by atoms with Crippen molar-refractivity contribution >= 4 is 0 Å². The highest BCUT2D eigenvalue weighted by Gasteiger charge is 2.34. The summed E-state index contributed by atoms with van der Waals surface area (Å²) in [6, 6.07) is 8.34. The molecule has 0 saturated heterocycles. The van der Waals surface area contributed by atoms with E-state index in [1.165, 1.54) is 31.2 Å². The maximum absolute atomic E-state index is 12.3. The quantitative estimate of drug-likeness (QED) is 0.831. The van der Waals surface area contributed by atoms with Crippen LogP contribution in [0.15, 0.2) is 24.3 Å². The van der Waals surface area contributed by atoms with Gasteiger partial charge < -0.3 is 5.73 Å². The second-order valence-electron chi connectivity index (χ2n) is 4.83. The molecular formula is C14H20FN. The van der Waals surface area contributed by atoms with Crippen molar-refractivity contribution in [3.63, 3.8) is 0 Å². The summed E-state index contributed by atoms with van der Waals surface area (Å²) < 4.78 is 12.3. The van der Waals surface area contributed by atoms with Crippen LogP contribution >= 0.6 is 0 Å². The highest BCUT2D eigenvalue weighted by atomic mass is 19.1. The van der Waals surface area contributed by atoms with Gasteiger partial charge in [0, 0.05) is 18.4 Å². The standard InChI is InChI=1S/C14H20FN/c15-9-6-12-4-3-5-13(10-12)14(11-16)7-1-2-8-14/h3-5,10H,1-2,6-9,11,16H2. The first kappa shape index (κ1) is 11.6. The van der Waals surface area contributed by atoms with E-state index in [0.717, 1.165) is 5.56 Å². The van der Waals surface area contributed by atoms with E-state index in [1.807, 2.05) is 12.1 Å². The third-order valence-corrected chi connectivity index (χ3v) is 3.87. The number of rotatable bonds is 4. The minimum atomic E-state index is -0.279. The van der Waals surface area contributed by atoms with Crippen molar-refractivity contribution in [2.45, 2.75) is 37.5 Å². The fourth-order valence-corrected chi connectivity index (χ4v) is 2.83. The number of alkyl halides is 1. The molecule has 0 amide bonds. The van der Waals surface area contributed by atoms with E-state index in [4.69, 9.17) is 5.73 Å². The van der Waals surface area contributed by atoms with Gasteiger partial charge in [0.25, 0.3) is 0 Å². The van der Waals surface area contributed by atoms with Crippen LogP contribution in [0.5, 0.6) is 0 Å². The summed E-state index contributed by atoms with van der Waals surface area (Å²) in [5.74, 6) is 0. The summed E-state index contributed by atoms with van der Waals surface area (Å²) in [5, 5.41) is 0. The van der Waals surface area contributed by atoms with Crippen LogP contribution in [0.3, 0.4) is 0 Å². The average Bonchev–Trinajstić information content (AvgIpc) is 2.80. The minimum absolute atomic E-state index is 0.173. The Morgan fingerprint density at radius 1 is 1.25 bits per heavy atom. The van der Waals surface area contributed by atoms with Gasteiger partial charge in [0.1, 0.15) is 0 Å². The Balaban J connectivity index is 2.27. The van der Waals surface area contributed by atoms with E-state index in [0.29, 0.717) is 13.0 Å². The van der Waals surface area contributed by atoms with Crippen molar-refractivity contribution < 1.29 is 4.39 Å². The molecular weight excluding hydrogens is 201 g/mol. The lowest BCUT2D eigenvalue weighted by atomic mass is 9.78. The molecule has 0 bridgehead atoms. The van der Waals surface area contributed by atoms with Crippen molar-refractivity contribution in [1.29, 1.82) is 0 Å². The van der Waals surface area contributed by atoms with E-state index in [1.54, 1.807) is 0 Å². The highest BCUT2D eigenvalue weighted by Crippen LogP contribution is 2.40. The summed E-state index contributed by atoms with van der Waals surface area (Å²) in [7, 11) is 0. The zero-order valence-electron chi connectivity index (χ0n) is 9.71. The van der Waals surface area contributed by atoms with Gasteiger partial charge in [-0.15, -0.1) is 0 Å². The van der Waals surface area contributed by atoms with Gasteiger partial charge in [-0.3, -0.25) is 4.39 Å². The van der Waals surface area contributed by atoms with Crippen LogP contribution in [0, 0.1) is 0 Å². The van der Waals surface area contributed by atoms with Gasteiger partial charge in [-0.05, 0) is 24.0 Å². The summed E-state index contributed by atoms with van der Waals surface area (Å²) >= 11 is 0. The number of hydrogen-bond donors (Lipinski definition) is 1. The third kappa shape index (κ3) is 2.12. The summed E-state index contributed by atoms with van der Waals surface area (Å²) in [4.78, 5) is 0. The lowest BCUT2D eigenvalue weighted by Gasteiger charge is -2.28. The zero-order valence-corrected chi connectivity index (χ0v) is 9.71. The Morgan fingerprint density at radius 3 is 2.62 bits per heavy atom. The lowest BCUT2D eigenvalue weighted by molar-refractivity contribution is 0.451. The third-order valence-electron chi connectivity index (χ3n) is 3.87. The molecule has 16 heavy (non-hydrogen) atoms. The van der Waals surface area contributed by atoms with Gasteiger partial charge in [-0.1, -0.05) is 37.1 Å². The van der Waals surface area contributed by atoms with E-state index < -0.39 is 0 Å². The molecule has 88 valence electrons. The molecule has 1 fully saturated rings. The molecule has 1 aromatic carbocycles. The molecule has 2 heteroatoms. The second-order valence-corrected chi connectivity index (χ2v) is 4.83. The second kappa shape index (κ2) is 4.96. The van der Waals surface area contributed by atoms with Crippen molar-refractivity contribution in [2.75, 3.05) is 13.2 Å². The molecule has 0 heterocycles. The van der Waals surface area contributed by atoms with Crippen molar-refractivity contribution in [1.82, 2.24) is 0 Å². The Labute approximate surface area is 96.9 Å². The molecule has 1 nitrogen and oxygen atoms in total. The number of nitrogens with two attached hydrogens (primary N) is 1. The summed E-state index contributed by atoms with van der Waals surface area (Å²) in [6.07, 6.45) is 5.43. The molecule has 1 saturated carbocycles. The molecule has 0 atom stereocenters. The highest BCUT2D eigenvalue weighted by molar-refractivity contribution is 5.31. The van der Waals surface area contributed by atoms with Gasteiger partial charge in [0.15, 0.2) is 0 Å². The molecule has 0 unspecified atom stereocenters. The van der Waals surface area contributed by atoms with Crippen LogP contribution in [0.2, 0.25) is 0 Å². The topological polar surface area (TPSA) is 26.0 Å². The SMILES string of the molecule is NCC1(c2cccc(CCF)c2)CCCC1. The predicted octanol–water partition coefficient (Wildman–Crippen LogP) is 2.97. The Hall–Kier alpha value is -0.890. The van der Waals surface area contributed by atoms with Crippen LogP contribution in [0.25, 0.3) is 0 Å². The Kier molecular flexibility index (Phi) is 3.59. The molecule has 1 aromatic rings. The van der Waals surface area contributed by atoms with Crippen molar-refractivity contribution in [3.05, 3.63) is 35.4 Å². The molecule has 1 aliphatic rings. The molecule has 0 aromatic heterocycles. The van der Waals surface area contributed by atoms with E-state index in [2.05, 4.69) is 12.1 Å². The predicted molar refractivity (Wildman–Crippen MR) is 65.3 cm³/mol. The van der Waals surface area contributed by atoms with Gasteiger partial charge in [-0.25, -0.2) is 0 Å². The van der Waals surface area contributed by atoms with E-state index >= 15 is 0 Å². The van der Waals surface area contributed by atoms with Crippen LogP contribution in [-0.2, 0) is 11.8 Å². The largest absolute Gasteiger partial charge is 0.330 e. The fourth-order valence-electron chi connectivity index (χ4n) is 2.83. The minimum Gasteiger partial charge on any atom is -0.330 e. The van der Waals surface area contributed by atoms with E-state index in [9.17, 15) is 4.39 Å². The van der Waals surface area contributed by atoms with Gasteiger partial charge in [0.2, 0.25) is 0 Å². The van der Waals surface area contributed by atoms with E-state index in [-0.39, 0.29) is 12.1 Å². The van der Waals surface area contributed by atoms with Gasteiger partial charge >= 0.3 is 0 Å². The first-order chi connectivity index (χ1) is 7.80. The lowest BCUT2D eigenvalue weighted by Crippen LogP contribution is -2.32. The molecule has 2 N–H and O–H groups in total. The molecule has 0 spiro atoms. The Morgan fingerprint density at radius 2 is 2.00 bits per heavy atom. The monoisotopic (exact) mass is 221 g/mol. The van der Waals surface area contributed by atoms with Crippen LogP contribution in [0.4, 0.5) is 4.39 Å². The number of benzene rings is 1. The van der Waals surface area contributed by atoms with Crippen molar-refractivity contribution in [2.24, 2.45) is 5.73 Å². The van der Waals surface area contributed by atoms with Gasteiger partial charge in [-0.2, -0.15) is 0 Å².